The first-order valence-electron chi connectivity index (χ1n) is 26.9. The van der Waals surface area contributed by atoms with E-state index in [2.05, 4.69) is 55.6 Å². The molecule has 0 saturated carbocycles. The normalized spacial score (nSPS) is 13.2. The zero-order chi connectivity index (χ0) is 43.5. The van der Waals surface area contributed by atoms with Crippen LogP contribution < -0.4 is 5.32 Å². The quantitative estimate of drug-likeness (QED) is 0.0422. The smallest absolute Gasteiger partial charge is 0.220 e. The largest absolute Gasteiger partial charge is 0.394 e. The molecule has 2 unspecified atom stereocenters. The topological polar surface area (TPSA) is 69.6 Å². The van der Waals surface area contributed by atoms with Gasteiger partial charge >= 0.3 is 0 Å². The molecular formula is C56H105NO3. The Morgan fingerprint density at radius 3 is 1.07 bits per heavy atom. The average Bonchev–Trinajstić information content (AvgIpc) is 3.25. The lowest BCUT2D eigenvalue weighted by Crippen LogP contribution is -2.45. The number of hydrogen-bond donors (Lipinski definition) is 3. The third kappa shape index (κ3) is 47.4. The zero-order valence-electron chi connectivity index (χ0n) is 40.5. The number of rotatable bonds is 49. The molecule has 0 saturated heterocycles. The Morgan fingerprint density at radius 1 is 0.400 bits per heavy atom. The molecule has 0 aliphatic heterocycles. The van der Waals surface area contributed by atoms with E-state index >= 15 is 0 Å². The van der Waals surface area contributed by atoms with Gasteiger partial charge in [-0.1, -0.05) is 262 Å². The minimum atomic E-state index is -0.867. The third-order valence-electron chi connectivity index (χ3n) is 12.3. The molecule has 60 heavy (non-hydrogen) atoms. The summed E-state index contributed by atoms with van der Waals surface area (Å²) in [6, 6.07) is -0.645. The van der Waals surface area contributed by atoms with Crippen LogP contribution in [-0.2, 0) is 4.79 Å². The van der Waals surface area contributed by atoms with Crippen LogP contribution in [0.15, 0.2) is 48.6 Å². The van der Waals surface area contributed by atoms with Crippen LogP contribution in [0, 0.1) is 0 Å². The van der Waals surface area contributed by atoms with Crippen LogP contribution >= 0.6 is 0 Å². The molecule has 4 nitrogen and oxygen atoms in total. The van der Waals surface area contributed by atoms with Crippen LogP contribution in [0.2, 0.25) is 0 Å². The van der Waals surface area contributed by atoms with Gasteiger partial charge in [0, 0.05) is 6.42 Å². The number of amides is 1. The number of nitrogens with one attached hydrogen (secondary N) is 1. The lowest BCUT2D eigenvalue weighted by atomic mass is 10.0. The Balaban J connectivity index is 3.57. The number of aliphatic hydroxyl groups excluding tert-OH is 2. The highest BCUT2D eigenvalue weighted by Crippen LogP contribution is 2.16. The second-order valence-corrected chi connectivity index (χ2v) is 18.3. The average molecular weight is 840 g/mol. The van der Waals surface area contributed by atoms with Crippen molar-refractivity contribution in [1.82, 2.24) is 5.32 Å². The number of aliphatic hydroxyl groups is 2. The Hall–Kier alpha value is -1.65. The van der Waals surface area contributed by atoms with E-state index in [0.717, 1.165) is 44.9 Å². The highest BCUT2D eigenvalue weighted by atomic mass is 16.3. The van der Waals surface area contributed by atoms with E-state index in [0.29, 0.717) is 6.42 Å². The summed E-state index contributed by atoms with van der Waals surface area (Å²) in [6.45, 7) is 4.32. The second-order valence-electron chi connectivity index (χ2n) is 18.3. The number of allylic oxidation sites excluding steroid dienone is 7. The number of unbranched alkanes of at least 4 members (excludes halogenated alkanes) is 36. The Morgan fingerprint density at radius 2 is 0.700 bits per heavy atom. The van der Waals surface area contributed by atoms with Gasteiger partial charge in [-0.15, -0.1) is 0 Å². The van der Waals surface area contributed by atoms with Crippen LogP contribution in [0.4, 0.5) is 0 Å². The maximum atomic E-state index is 12.4. The van der Waals surface area contributed by atoms with Gasteiger partial charge in [0.15, 0.2) is 0 Å². The van der Waals surface area contributed by atoms with Gasteiger partial charge in [0.05, 0.1) is 18.8 Å². The molecule has 1 amide bonds. The molecular weight excluding hydrogens is 735 g/mol. The third-order valence-corrected chi connectivity index (χ3v) is 12.3. The lowest BCUT2D eigenvalue weighted by Gasteiger charge is -2.19. The van der Waals surface area contributed by atoms with Crippen molar-refractivity contribution in [3.63, 3.8) is 0 Å². The van der Waals surface area contributed by atoms with E-state index in [1.54, 1.807) is 6.08 Å². The molecule has 0 aliphatic rings. The lowest BCUT2D eigenvalue weighted by molar-refractivity contribution is -0.123. The first-order valence-corrected chi connectivity index (χ1v) is 26.9. The molecule has 0 aromatic rings. The molecule has 0 fully saturated rings. The minimum Gasteiger partial charge on any atom is -0.394 e. The van der Waals surface area contributed by atoms with Crippen molar-refractivity contribution in [1.29, 1.82) is 0 Å². The van der Waals surface area contributed by atoms with Crippen molar-refractivity contribution in [3.05, 3.63) is 48.6 Å². The first kappa shape index (κ1) is 58.4. The van der Waals surface area contributed by atoms with Gasteiger partial charge in [-0.3, -0.25) is 4.79 Å². The molecule has 3 N–H and O–H groups in total. The van der Waals surface area contributed by atoms with E-state index in [1.807, 2.05) is 6.08 Å². The van der Waals surface area contributed by atoms with Gasteiger partial charge in [0.1, 0.15) is 0 Å². The van der Waals surface area contributed by atoms with Crippen LogP contribution in [0.3, 0.4) is 0 Å². The van der Waals surface area contributed by atoms with Crippen LogP contribution in [0.1, 0.15) is 284 Å². The summed E-state index contributed by atoms with van der Waals surface area (Å²) in [4.78, 5) is 12.4. The van der Waals surface area contributed by atoms with Crippen LogP contribution in [-0.4, -0.2) is 34.9 Å². The van der Waals surface area contributed by atoms with Crippen molar-refractivity contribution < 1.29 is 15.0 Å². The van der Waals surface area contributed by atoms with E-state index < -0.39 is 12.1 Å². The van der Waals surface area contributed by atoms with Crippen LogP contribution in [0.25, 0.3) is 0 Å². The monoisotopic (exact) mass is 840 g/mol. The molecule has 4 heteroatoms. The zero-order valence-corrected chi connectivity index (χ0v) is 40.5. The molecule has 0 aromatic carbocycles. The summed E-state index contributed by atoms with van der Waals surface area (Å²) >= 11 is 0. The Labute approximate surface area is 375 Å². The van der Waals surface area contributed by atoms with Gasteiger partial charge in [0.2, 0.25) is 5.91 Å². The second kappa shape index (κ2) is 51.7. The van der Waals surface area contributed by atoms with Gasteiger partial charge in [-0.2, -0.15) is 0 Å². The summed E-state index contributed by atoms with van der Waals surface area (Å²) < 4.78 is 0. The first-order chi connectivity index (χ1) is 29.7. The van der Waals surface area contributed by atoms with Gasteiger partial charge in [-0.25, -0.2) is 0 Å². The summed E-state index contributed by atoms with van der Waals surface area (Å²) in [7, 11) is 0. The fourth-order valence-electron chi connectivity index (χ4n) is 8.17. The maximum Gasteiger partial charge on any atom is 0.220 e. The van der Waals surface area contributed by atoms with E-state index in [9.17, 15) is 15.0 Å². The highest BCUT2D eigenvalue weighted by Gasteiger charge is 2.17. The SMILES string of the molecule is CCCCCCCCCCC/C=C\C/C=C\CCCCCCCCCC(=O)NC(CO)C(O)/C=C/CC/C=C/CCCCCCCCCCCCCCCCCCCCC. The molecule has 0 heterocycles. The molecule has 0 rings (SSSR count). The highest BCUT2D eigenvalue weighted by molar-refractivity contribution is 5.76. The van der Waals surface area contributed by atoms with Crippen molar-refractivity contribution in [2.24, 2.45) is 0 Å². The molecule has 0 aromatic heterocycles. The Bertz CT molecular complexity index is 954. The standard InChI is InChI=1S/C56H105NO3/c1-3-5-7-9-11-13-15-17-19-21-23-25-27-28-30-31-33-35-37-39-41-43-45-47-49-51-55(59)54(53-58)57-56(60)52-50-48-46-44-42-40-38-36-34-32-29-26-24-22-20-18-16-14-12-10-8-6-4-2/h24,26,32,34,41,43,49,51,54-55,58-59H,3-23,25,27-31,33,35-40,42,44-48,50,52-53H2,1-2H3,(H,57,60)/b26-24-,34-32-,43-41+,51-49+. The summed E-state index contributed by atoms with van der Waals surface area (Å²) in [5.74, 6) is -0.0793. The van der Waals surface area contributed by atoms with Gasteiger partial charge < -0.3 is 15.5 Å². The van der Waals surface area contributed by atoms with E-state index in [1.165, 1.54) is 218 Å². The summed E-state index contributed by atoms with van der Waals surface area (Å²) in [6.07, 6.45) is 71.2. The number of carbonyl (C=O) groups excluding carboxylic acids is 1. The van der Waals surface area contributed by atoms with Crippen molar-refractivity contribution in [3.8, 4) is 0 Å². The molecule has 2 atom stereocenters. The van der Waals surface area contributed by atoms with Crippen molar-refractivity contribution in [2.45, 2.75) is 296 Å². The Kier molecular flexibility index (Phi) is 50.3. The van der Waals surface area contributed by atoms with Crippen molar-refractivity contribution in [2.75, 3.05) is 6.61 Å². The summed E-state index contributed by atoms with van der Waals surface area (Å²) in [5, 5.41) is 23.1. The fraction of sp³-hybridized carbons (Fsp3) is 0.839. The number of hydrogen-bond acceptors (Lipinski definition) is 3. The predicted octanol–water partition coefficient (Wildman–Crippen LogP) is 17.5. The summed E-state index contributed by atoms with van der Waals surface area (Å²) in [5.41, 5.74) is 0. The van der Waals surface area contributed by atoms with Gasteiger partial charge in [0.25, 0.3) is 0 Å². The molecule has 352 valence electrons. The predicted molar refractivity (Wildman–Crippen MR) is 267 cm³/mol. The number of carbonyl (C=O) groups is 1. The van der Waals surface area contributed by atoms with Gasteiger partial charge in [-0.05, 0) is 64.2 Å². The van der Waals surface area contributed by atoms with E-state index in [4.69, 9.17) is 0 Å². The molecule has 0 bridgehead atoms. The van der Waals surface area contributed by atoms with Crippen molar-refractivity contribution >= 4 is 5.91 Å². The minimum absolute atomic E-state index is 0.0793. The molecule has 0 radical (unpaired) electrons. The molecule has 0 spiro atoms. The maximum absolute atomic E-state index is 12.4. The van der Waals surface area contributed by atoms with E-state index in [-0.39, 0.29) is 12.5 Å². The fourth-order valence-corrected chi connectivity index (χ4v) is 8.17. The molecule has 0 aliphatic carbocycles. The van der Waals surface area contributed by atoms with Crippen LogP contribution in [0.5, 0.6) is 0 Å².